The Kier molecular flexibility index (Phi) is 5.70. The predicted molar refractivity (Wildman–Crippen MR) is 181 cm³/mol. The fourth-order valence-corrected chi connectivity index (χ4v) is 7.95. The van der Waals surface area contributed by atoms with Crippen molar-refractivity contribution in [2.45, 2.75) is 37.5 Å². The number of nitrogens with zero attached hydrogens (tertiary/aromatic N) is 4. The van der Waals surface area contributed by atoms with E-state index in [-0.39, 0.29) is 5.41 Å². The van der Waals surface area contributed by atoms with Crippen molar-refractivity contribution in [3.8, 4) is 11.4 Å². The Balaban J connectivity index is 1.14. The van der Waals surface area contributed by atoms with Crippen LogP contribution in [0.1, 0.15) is 43.2 Å². The Morgan fingerprint density at radius 1 is 0.432 bits per heavy atom. The SMILES string of the molecule is c1ccc2c(c1)c1cnccc1n2-c1ccc(C2(c3ccc(-n4c5ccccc5c5cnccc54)cc3)CCCCC2)cc1. The lowest BCUT2D eigenvalue weighted by atomic mass is 9.65. The van der Waals surface area contributed by atoms with E-state index in [9.17, 15) is 0 Å². The average molecular weight is 569 g/mol. The van der Waals surface area contributed by atoms with Crippen molar-refractivity contribution in [1.29, 1.82) is 0 Å². The lowest BCUT2D eigenvalue weighted by Gasteiger charge is -2.39. The van der Waals surface area contributed by atoms with Gasteiger partial charge in [0.2, 0.25) is 0 Å². The smallest absolute Gasteiger partial charge is 0.0571 e. The second-order valence-electron chi connectivity index (χ2n) is 12.2. The Morgan fingerprint density at radius 2 is 0.864 bits per heavy atom. The monoisotopic (exact) mass is 568 g/mol. The molecule has 4 heterocycles. The average Bonchev–Trinajstić information content (AvgIpc) is 3.62. The molecule has 1 aliphatic carbocycles. The van der Waals surface area contributed by atoms with E-state index in [1.54, 1.807) is 0 Å². The molecule has 212 valence electrons. The molecule has 0 saturated heterocycles. The molecule has 4 heteroatoms. The summed E-state index contributed by atoms with van der Waals surface area (Å²) < 4.78 is 4.75. The van der Waals surface area contributed by atoms with Gasteiger partial charge in [0.25, 0.3) is 0 Å². The van der Waals surface area contributed by atoms with Gasteiger partial charge in [-0.1, -0.05) is 79.9 Å². The molecule has 0 bridgehead atoms. The van der Waals surface area contributed by atoms with Gasteiger partial charge >= 0.3 is 0 Å². The van der Waals surface area contributed by atoms with Crippen molar-refractivity contribution >= 4 is 43.6 Å². The molecule has 0 radical (unpaired) electrons. The van der Waals surface area contributed by atoms with Crippen LogP contribution < -0.4 is 0 Å². The minimum absolute atomic E-state index is 0.0186. The number of rotatable bonds is 4. The van der Waals surface area contributed by atoms with Gasteiger partial charge in [0, 0.05) is 63.1 Å². The highest BCUT2D eigenvalue weighted by Gasteiger charge is 2.35. The zero-order chi connectivity index (χ0) is 29.1. The van der Waals surface area contributed by atoms with Gasteiger partial charge in [-0.25, -0.2) is 0 Å². The summed E-state index contributed by atoms with van der Waals surface area (Å²) in [5, 5.41) is 4.86. The highest BCUT2D eigenvalue weighted by Crippen LogP contribution is 2.46. The zero-order valence-corrected chi connectivity index (χ0v) is 24.5. The van der Waals surface area contributed by atoms with E-state index < -0.39 is 0 Å². The van der Waals surface area contributed by atoms with E-state index in [2.05, 4.69) is 128 Å². The summed E-state index contributed by atoms with van der Waals surface area (Å²) in [7, 11) is 0. The molecular formula is C40H32N4. The number of hydrogen-bond acceptors (Lipinski definition) is 2. The van der Waals surface area contributed by atoms with Crippen LogP contribution in [0, 0.1) is 0 Å². The third kappa shape index (κ3) is 3.70. The van der Waals surface area contributed by atoms with E-state index in [0.29, 0.717) is 0 Å². The van der Waals surface area contributed by atoms with Crippen LogP contribution >= 0.6 is 0 Å². The molecule has 1 fully saturated rings. The first-order valence-electron chi connectivity index (χ1n) is 15.7. The Morgan fingerprint density at radius 3 is 1.34 bits per heavy atom. The van der Waals surface area contributed by atoms with Gasteiger partial charge in [-0.2, -0.15) is 0 Å². The van der Waals surface area contributed by atoms with Gasteiger partial charge in [0.15, 0.2) is 0 Å². The predicted octanol–water partition coefficient (Wildman–Crippen LogP) is 9.92. The molecule has 4 aromatic heterocycles. The summed E-state index contributed by atoms with van der Waals surface area (Å²) in [6.07, 6.45) is 13.9. The molecule has 0 spiro atoms. The molecule has 44 heavy (non-hydrogen) atoms. The third-order valence-electron chi connectivity index (χ3n) is 10.0. The summed E-state index contributed by atoms with van der Waals surface area (Å²) in [6.45, 7) is 0. The number of para-hydroxylation sites is 2. The van der Waals surface area contributed by atoms with Crippen LogP contribution in [0.3, 0.4) is 0 Å². The minimum Gasteiger partial charge on any atom is -0.309 e. The number of aromatic nitrogens is 4. The van der Waals surface area contributed by atoms with Crippen LogP contribution in [-0.2, 0) is 5.41 Å². The van der Waals surface area contributed by atoms with Crippen molar-refractivity contribution < 1.29 is 0 Å². The standard InChI is InChI=1S/C40H32N4/c1-6-22-40(23-7-1,28-12-16-30(17-13-28)43-36-10-4-2-8-32(36)34-26-41-24-20-38(34)43)29-14-18-31(19-15-29)44-37-11-5-3-9-33(37)35-27-42-25-21-39(35)44/h2-5,8-21,24-27H,1,6-7,22-23H2. The highest BCUT2D eigenvalue weighted by atomic mass is 15.0. The summed E-state index contributed by atoms with van der Waals surface area (Å²) in [6, 6.07) is 40.3. The molecule has 1 aliphatic rings. The lowest BCUT2D eigenvalue weighted by Crippen LogP contribution is -2.30. The third-order valence-corrected chi connectivity index (χ3v) is 10.0. The number of hydrogen-bond donors (Lipinski definition) is 0. The second-order valence-corrected chi connectivity index (χ2v) is 12.2. The largest absolute Gasteiger partial charge is 0.309 e. The normalized spacial score (nSPS) is 15.0. The fraction of sp³-hybridized carbons (Fsp3) is 0.150. The van der Waals surface area contributed by atoms with E-state index in [4.69, 9.17) is 0 Å². The van der Waals surface area contributed by atoms with Gasteiger partial charge in [-0.3, -0.25) is 9.97 Å². The van der Waals surface area contributed by atoms with E-state index >= 15 is 0 Å². The quantitative estimate of drug-likeness (QED) is 0.212. The molecule has 0 N–H and O–H groups in total. The van der Waals surface area contributed by atoms with E-state index in [0.717, 1.165) is 0 Å². The number of fused-ring (bicyclic) bond motifs is 6. The van der Waals surface area contributed by atoms with Crippen molar-refractivity contribution in [2.75, 3.05) is 0 Å². The van der Waals surface area contributed by atoms with Crippen LogP contribution in [0.15, 0.2) is 134 Å². The van der Waals surface area contributed by atoms with Crippen molar-refractivity contribution in [3.05, 3.63) is 145 Å². The first kappa shape index (κ1) is 25.3. The zero-order valence-electron chi connectivity index (χ0n) is 24.5. The van der Waals surface area contributed by atoms with E-state index in [1.807, 2.05) is 24.8 Å². The fourth-order valence-electron chi connectivity index (χ4n) is 7.95. The van der Waals surface area contributed by atoms with Crippen LogP contribution in [0.2, 0.25) is 0 Å². The van der Waals surface area contributed by atoms with Crippen LogP contribution in [0.4, 0.5) is 0 Å². The Labute approximate surface area is 256 Å². The van der Waals surface area contributed by atoms with Crippen molar-refractivity contribution in [3.63, 3.8) is 0 Å². The first-order chi connectivity index (χ1) is 21.8. The van der Waals surface area contributed by atoms with Gasteiger partial charge < -0.3 is 9.13 Å². The van der Waals surface area contributed by atoms with Crippen LogP contribution in [0.25, 0.3) is 55.0 Å². The molecule has 0 atom stereocenters. The minimum atomic E-state index is 0.0186. The summed E-state index contributed by atoms with van der Waals surface area (Å²) in [5.74, 6) is 0. The highest BCUT2D eigenvalue weighted by molar-refractivity contribution is 6.09. The molecule has 8 aromatic rings. The van der Waals surface area contributed by atoms with Gasteiger partial charge in [0.05, 0.1) is 22.1 Å². The van der Waals surface area contributed by atoms with Crippen molar-refractivity contribution in [2.24, 2.45) is 0 Å². The lowest BCUT2D eigenvalue weighted by molar-refractivity contribution is 0.346. The molecule has 1 saturated carbocycles. The van der Waals surface area contributed by atoms with E-state index in [1.165, 1.54) is 98.2 Å². The maximum Gasteiger partial charge on any atom is 0.0571 e. The second kappa shape index (κ2) is 9.92. The number of pyridine rings is 2. The van der Waals surface area contributed by atoms with Gasteiger partial charge in [-0.15, -0.1) is 0 Å². The molecule has 4 aromatic carbocycles. The molecule has 0 aliphatic heterocycles. The topological polar surface area (TPSA) is 35.6 Å². The molecule has 0 amide bonds. The molecule has 0 unspecified atom stereocenters. The summed E-state index contributed by atoms with van der Waals surface area (Å²) in [4.78, 5) is 8.84. The van der Waals surface area contributed by atoms with Gasteiger partial charge in [0.1, 0.15) is 0 Å². The van der Waals surface area contributed by atoms with Crippen LogP contribution in [0.5, 0.6) is 0 Å². The maximum absolute atomic E-state index is 4.42. The Hall–Kier alpha value is -5.22. The van der Waals surface area contributed by atoms with Crippen LogP contribution in [-0.4, -0.2) is 19.1 Å². The number of benzene rings is 4. The first-order valence-corrected chi connectivity index (χ1v) is 15.7. The molecule has 9 rings (SSSR count). The summed E-state index contributed by atoms with van der Waals surface area (Å²) in [5.41, 5.74) is 10.0. The molecular weight excluding hydrogens is 536 g/mol. The Bertz CT molecular complexity index is 2030. The molecule has 4 nitrogen and oxygen atoms in total. The maximum atomic E-state index is 4.42. The van der Waals surface area contributed by atoms with Crippen molar-refractivity contribution in [1.82, 2.24) is 19.1 Å². The van der Waals surface area contributed by atoms with Gasteiger partial charge in [-0.05, 0) is 72.5 Å². The summed E-state index contributed by atoms with van der Waals surface area (Å²) >= 11 is 0.